The first-order valence-corrected chi connectivity index (χ1v) is 9.71. The van der Waals surface area contributed by atoms with Crippen molar-refractivity contribution in [2.45, 2.75) is 43.7 Å². The number of likely N-dealkylation sites (tertiary alicyclic amines) is 2. The molecule has 2 fully saturated rings. The lowest BCUT2D eigenvalue weighted by Gasteiger charge is -2.47. The van der Waals surface area contributed by atoms with Crippen molar-refractivity contribution >= 4 is 23.1 Å². The summed E-state index contributed by atoms with van der Waals surface area (Å²) >= 11 is 0. The maximum Gasteiger partial charge on any atom is 0.266 e. The molecule has 7 nitrogen and oxygen atoms in total. The van der Waals surface area contributed by atoms with Crippen LogP contribution < -0.4 is 0 Å². The van der Waals surface area contributed by atoms with E-state index in [-0.39, 0.29) is 25.6 Å². The first kappa shape index (κ1) is 17.5. The second-order valence-corrected chi connectivity index (χ2v) is 7.72. The lowest BCUT2D eigenvalue weighted by atomic mass is 9.93. The number of halogens is 2. The van der Waals surface area contributed by atoms with Crippen LogP contribution in [-0.2, 0) is 4.79 Å². The molecule has 28 heavy (non-hydrogen) atoms. The fraction of sp³-hybridized carbons (Fsp3) is 0.526. The molecule has 0 aliphatic carbocycles. The van der Waals surface area contributed by atoms with E-state index in [2.05, 4.69) is 15.0 Å². The van der Waals surface area contributed by atoms with Crippen LogP contribution in [-0.4, -0.2) is 67.2 Å². The minimum Gasteiger partial charge on any atom is -0.345 e. The molecule has 9 heteroatoms. The van der Waals surface area contributed by atoms with Crippen molar-refractivity contribution in [2.24, 2.45) is 0 Å². The quantitative estimate of drug-likeness (QED) is 0.701. The van der Waals surface area contributed by atoms with Crippen LogP contribution in [0.5, 0.6) is 0 Å². The van der Waals surface area contributed by atoms with Gasteiger partial charge in [0.2, 0.25) is 6.41 Å². The van der Waals surface area contributed by atoms with Crippen LogP contribution in [0.1, 0.15) is 37.5 Å². The Hall–Kier alpha value is -2.55. The molecule has 0 spiro atoms. The number of piperidine rings is 2. The van der Waals surface area contributed by atoms with Crippen LogP contribution in [0, 0.1) is 0 Å². The molecule has 2 saturated heterocycles. The number of fused-ring (bicyclic) bond motifs is 3. The van der Waals surface area contributed by atoms with Gasteiger partial charge in [-0.1, -0.05) is 6.42 Å². The van der Waals surface area contributed by atoms with Gasteiger partial charge in [0, 0.05) is 25.7 Å². The molecule has 5 heterocycles. The van der Waals surface area contributed by atoms with E-state index in [1.165, 1.54) is 4.90 Å². The molecule has 0 radical (unpaired) electrons. The lowest BCUT2D eigenvalue weighted by Crippen LogP contribution is -2.60. The molecule has 3 aromatic heterocycles. The summed E-state index contributed by atoms with van der Waals surface area (Å²) in [6.07, 6.45) is 8.29. The van der Waals surface area contributed by atoms with E-state index < -0.39 is 12.0 Å². The first-order chi connectivity index (χ1) is 13.6. The van der Waals surface area contributed by atoms with Crippen LogP contribution in [0.15, 0.2) is 24.7 Å². The number of carbonyl (C=O) groups is 1. The van der Waals surface area contributed by atoms with Gasteiger partial charge in [-0.05, 0) is 25.5 Å². The molecule has 148 valence electrons. The van der Waals surface area contributed by atoms with E-state index in [1.807, 2.05) is 21.6 Å². The molecule has 1 unspecified atom stereocenters. The fourth-order valence-corrected chi connectivity index (χ4v) is 4.69. The standard InChI is InChI=1S/C19H22F2N6O/c20-19(21)5-8-25(12-28)11-16(19)26-7-2-1-3-15(26)18-24-10-13-9-23-17-14(27(13)18)4-6-22-17/h4,6,9-10,12,15-16,22H,1-3,5,7-8,11H2/t15?,16-/m1/s1. The predicted molar refractivity (Wildman–Crippen MR) is 99.1 cm³/mol. The Morgan fingerprint density at radius 2 is 2.07 bits per heavy atom. The van der Waals surface area contributed by atoms with Crippen molar-refractivity contribution < 1.29 is 13.6 Å². The van der Waals surface area contributed by atoms with E-state index in [0.717, 1.165) is 41.8 Å². The Bertz CT molecular complexity index is 1010. The highest BCUT2D eigenvalue weighted by atomic mass is 19.3. The number of hydrogen-bond acceptors (Lipinski definition) is 4. The van der Waals surface area contributed by atoms with Gasteiger partial charge in [-0.25, -0.2) is 18.7 Å². The Morgan fingerprint density at radius 3 is 2.93 bits per heavy atom. The van der Waals surface area contributed by atoms with Gasteiger partial charge in [0.15, 0.2) is 5.65 Å². The van der Waals surface area contributed by atoms with Crippen LogP contribution in [0.2, 0.25) is 0 Å². The summed E-state index contributed by atoms with van der Waals surface area (Å²) in [6, 6.07) is 0.712. The number of imidazole rings is 1. The number of amides is 1. The van der Waals surface area contributed by atoms with Crippen molar-refractivity contribution in [3.8, 4) is 0 Å². The summed E-state index contributed by atoms with van der Waals surface area (Å²) in [5.41, 5.74) is 2.47. The van der Waals surface area contributed by atoms with Gasteiger partial charge in [0.05, 0.1) is 35.5 Å². The third kappa shape index (κ3) is 2.68. The highest BCUT2D eigenvalue weighted by Gasteiger charge is 2.49. The number of carbonyl (C=O) groups excluding carboxylic acids is 1. The number of nitrogens with one attached hydrogen (secondary N) is 1. The summed E-state index contributed by atoms with van der Waals surface area (Å²) in [4.78, 5) is 26.7. The van der Waals surface area contributed by atoms with Gasteiger partial charge < -0.3 is 9.88 Å². The molecule has 1 amide bonds. The average molecular weight is 388 g/mol. The van der Waals surface area contributed by atoms with Crippen LogP contribution >= 0.6 is 0 Å². The normalized spacial score (nSPS) is 26.1. The summed E-state index contributed by atoms with van der Waals surface area (Å²) in [5, 5.41) is 0. The molecule has 2 aliphatic heterocycles. The van der Waals surface area contributed by atoms with Gasteiger partial charge in [-0.15, -0.1) is 0 Å². The van der Waals surface area contributed by atoms with E-state index in [0.29, 0.717) is 13.0 Å². The number of nitrogens with zero attached hydrogens (tertiary/aromatic N) is 5. The van der Waals surface area contributed by atoms with Gasteiger partial charge in [-0.3, -0.25) is 14.1 Å². The van der Waals surface area contributed by atoms with Gasteiger partial charge in [0.1, 0.15) is 5.82 Å². The van der Waals surface area contributed by atoms with Crippen molar-refractivity contribution in [1.29, 1.82) is 0 Å². The third-order valence-electron chi connectivity index (χ3n) is 6.11. The smallest absolute Gasteiger partial charge is 0.266 e. The number of H-pyrrole nitrogens is 1. The van der Waals surface area contributed by atoms with Crippen LogP contribution in [0.25, 0.3) is 16.7 Å². The number of rotatable bonds is 3. The van der Waals surface area contributed by atoms with E-state index in [4.69, 9.17) is 0 Å². The predicted octanol–water partition coefficient (Wildman–Crippen LogP) is 2.60. The minimum absolute atomic E-state index is 0.0530. The van der Waals surface area contributed by atoms with Crippen molar-refractivity contribution in [3.05, 3.63) is 30.5 Å². The molecular formula is C19H22F2N6O. The zero-order chi connectivity index (χ0) is 19.3. The summed E-state index contributed by atoms with van der Waals surface area (Å²) < 4.78 is 31.8. The molecule has 2 aliphatic rings. The molecule has 5 rings (SSSR count). The highest BCUT2D eigenvalue weighted by molar-refractivity contribution is 5.75. The maximum atomic E-state index is 14.9. The zero-order valence-electron chi connectivity index (χ0n) is 15.4. The second kappa shape index (κ2) is 6.51. The summed E-state index contributed by atoms with van der Waals surface area (Å²) in [7, 11) is 0. The molecule has 0 bridgehead atoms. The van der Waals surface area contributed by atoms with Crippen molar-refractivity contribution in [1.82, 2.24) is 29.2 Å². The minimum atomic E-state index is -2.83. The van der Waals surface area contributed by atoms with Gasteiger partial charge in [0.25, 0.3) is 5.92 Å². The Balaban J connectivity index is 1.59. The topological polar surface area (TPSA) is 69.5 Å². The fourth-order valence-electron chi connectivity index (χ4n) is 4.69. The monoisotopic (exact) mass is 388 g/mol. The lowest BCUT2D eigenvalue weighted by molar-refractivity contribution is -0.148. The summed E-state index contributed by atoms with van der Waals surface area (Å²) in [5.74, 6) is -2.06. The number of aromatic nitrogens is 4. The average Bonchev–Trinajstić information content (AvgIpc) is 3.34. The SMILES string of the molecule is O=CN1CCC(F)(F)[C@H](N2CCCCC2c2ncc3cnc4[nH]ccc4n23)C1. The molecule has 2 atom stereocenters. The number of aromatic amines is 1. The number of hydrogen-bond donors (Lipinski definition) is 1. The molecule has 1 N–H and O–H groups in total. The second-order valence-electron chi connectivity index (χ2n) is 7.72. The van der Waals surface area contributed by atoms with E-state index in [1.54, 1.807) is 12.4 Å². The number of alkyl halides is 2. The Labute approximate surface area is 160 Å². The Morgan fingerprint density at radius 1 is 1.21 bits per heavy atom. The van der Waals surface area contributed by atoms with Crippen LogP contribution in [0.4, 0.5) is 8.78 Å². The molecular weight excluding hydrogens is 366 g/mol. The summed E-state index contributed by atoms with van der Waals surface area (Å²) in [6.45, 7) is 0.735. The highest BCUT2D eigenvalue weighted by Crippen LogP contribution is 2.40. The van der Waals surface area contributed by atoms with E-state index in [9.17, 15) is 13.6 Å². The van der Waals surface area contributed by atoms with Gasteiger partial charge in [-0.2, -0.15) is 0 Å². The van der Waals surface area contributed by atoms with Crippen LogP contribution in [0.3, 0.4) is 0 Å². The van der Waals surface area contributed by atoms with Gasteiger partial charge >= 0.3 is 0 Å². The molecule has 0 aromatic carbocycles. The van der Waals surface area contributed by atoms with Crippen molar-refractivity contribution in [3.63, 3.8) is 0 Å². The molecule has 0 saturated carbocycles. The largest absolute Gasteiger partial charge is 0.345 e. The molecule has 3 aromatic rings. The third-order valence-corrected chi connectivity index (χ3v) is 6.11. The first-order valence-electron chi connectivity index (χ1n) is 9.71. The van der Waals surface area contributed by atoms with Crippen molar-refractivity contribution in [2.75, 3.05) is 19.6 Å². The van der Waals surface area contributed by atoms with E-state index >= 15 is 0 Å². The maximum absolute atomic E-state index is 14.9. The zero-order valence-corrected chi connectivity index (χ0v) is 15.4. The Kier molecular flexibility index (Phi) is 4.08.